The summed E-state index contributed by atoms with van der Waals surface area (Å²) in [6, 6.07) is 20.6. The van der Waals surface area contributed by atoms with E-state index in [0.717, 1.165) is 72.2 Å². The summed E-state index contributed by atoms with van der Waals surface area (Å²) in [6.45, 7) is 1.55. The van der Waals surface area contributed by atoms with E-state index in [4.69, 9.17) is 19.2 Å². The molecule has 0 saturated carbocycles. The maximum absolute atomic E-state index is 12.4. The van der Waals surface area contributed by atoms with E-state index in [9.17, 15) is 4.79 Å². The molecule has 5 rings (SSSR count). The molecule has 0 amide bonds. The molecule has 1 aliphatic rings. The monoisotopic (exact) mass is 483 g/mol. The lowest BCUT2D eigenvalue weighted by molar-refractivity contribution is -0.375. The summed E-state index contributed by atoms with van der Waals surface area (Å²) >= 11 is 0. The topological polar surface area (TPSA) is 71.8 Å². The smallest absolute Gasteiger partial charge is 0.338 e. The first-order chi connectivity index (χ1) is 17.7. The average molecular weight is 484 g/mol. The Balaban J connectivity index is 1.25. The standard InChI is InChI=1S/C30H30N2O4/c1-34-30(33)25-19-28(32-27-15-16-31-20-26(25)27)24-13-11-23(12-14-24)22-9-7-21(8-10-22)5-4-18-36-29-6-2-3-17-35-29/h7-16,19-20,29H,2-6,17-18H2,1H3/p+1. The number of aromatic nitrogens is 2. The molecule has 0 spiro atoms. The largest absolute Gasteiger partial charge is 0.465 e. The Labute approximate surface area is 211 Å². The van der Waals surface area contributed by atoms with E-state index in [1.807, 2.05) is 18.2 Å². The molecule has 1 unspecified atom stereocenters. The van der Waals surface area contributed by atoms with Crippen molar-refractivity contribution in [2.24, 2.45) is 0 Å². The summed E-state index contributed by atoms with van der Waals surface area (Å²) in [6.07, 6.45) is 8.87. The summed E-state index contributed by atoms with van der Waals surface area (Å²) in [5, 5.41) is 0.735. The summed E-state index contributed by atoms with van der Waals surface area (Å²) in [5.74, 6) is -0.381. The van der Waals surface area contributed by atoms with Crippen LogP contribution in [-0.4, -0.2) is 37.6 Å². The molecule has 0 aliphatic carbocycles. The Morgan fingerprint density at radius 1 is 1.03 bits per heavy atom. The number of hydrogen-bond donors (Lipinski definition) is 0. The average Bonchev–Trinajstić information content (AvgIpc) is 2.95. The van der Waals surface area contributed by atoms with Gasteiger partial charge in [0.25, 0.3) is 0 Å². The zero-order chi connectivity index (χ0) is 24.7. The van der Waals surface area contributed by atoms with Crippen LogP contribution in [0.3, 0.4) is 0 Å². The van der Waals surface area contributed by atoms with E-state index in [1.54, 1.807) is 18.5 Å². The number of aromatic amines is 1. The van der Waals surface area contributed by atoms with Gasteiger partial charge in [-0.3, -0.25) is 0 Å². The highest BCUT2D eigenvalue weighted by molar-refractivity contribution is 6.04. The van der Waals surface area contributed by atoms with E-state index in [-0.39, 0.29) is 12.3 Å². The third kappa shape index (κ3) is 5.61. The van der Waals surface area contributed by atoms with Crippen LogP contribution in [0, 0.1) is 0 Å². The van der Waals surface area contributed by atoms with Crippen LogP contribution in [0.1, 0.15) is 41.6 Å². The van der Waals surface area contributed by atoms with Gasteiger partial charge in [0.05, 0.1) is 35.9 Å². The molecule has 184 valence electrons. The van der Waals surface area contributed by atoms with Crippen LogP contribution >= 0.6 is 0 Å². The molecule has 2 aromatic carbocycles. The van der Waals surface area contributed by atoms with Crippen molar-refractivity contribution in [2.45, 2.75) is 38.4 Å². The van der Waals surface area contributed by atoms with Gasteiger partial charge in [-0.1, -0.05) is 48.5 Å². The molecule has 1 atom stereocenters. The van der Waals surface area contributed by atoms with Crippen molar-refractivity contribution < 1.29 is 24.0 Å². The second-order valence-corrected chi connectivity index (χ2v) is 9.03. The van der Waals surface area contributed by atoms with Crippen LogP contribution in [0.5, 0.6) is 0 Å². The number of ether oxygens (including phenoxy) is 3. The van der Waals surface area contributed by atoms with Crippen LogP contribution in [0.4, 0.5) is 0 Å². The molecule has 6 nitrogen and oxygen atoms in total. The number of aryl methyl sites for hydroxylation is 1. The van der Waals surface area contributed by atoms with Gasteiger partial charge in [-0.25, -0.2) is 14.8 Å². The number of carbonyl (C=O) groups is 1. The molecule has 1 saturated heterocycles. The number of fused-ring (bicyclic) bond motifs is 1. The predicted octanol–water partition coefficient (Wildman–Crippen LogP) is 5.65. The van der Waals surface area contributed by atoms with Crippen molar-refractivity contribution in [1.82, 2.24) is 4.98 Å². The number of carbonyl (C=O) groups excluding carboxylic acids is 1. The molecule has 0 bridgehead atoms. The van der Waals surface area contributed by atoms with E-state index in [2.05, 4.69) is 41.4 Å². The zero-order valence-corrected chi connectivity index (χ0v) is 20.5. The highest BCUT2D eigenvalue weighted by Gasteiger charge is 2.16. The van der Waals surface area contributed by atoms with Crippen molar-refractivity contribution in [2.75, 3.05) is 20.3 Å². The molecule has 36 heavy (non-hydrogen) atoms. The van der Waals surface area contributed by atoms with E-state index in [1.165, 1.54) is 19.1 Å². The maximum atomic E-state index is 12.4. The molecule has 4 aromatic rings. The van der Waals surface area contributed by atoms with Crippen molar-refractivity contribution in [3.8, 4) is 22.4 Å². The van der Waals surface area contributed by atoms with Crippen molar-refractivity contribution >= 4 is 16.9 Å². The first-order valence-electron chi connectivity index (χ1n) is 12.5. The summed E-state index contributed by atoms with van der Waals surface area (Å²) in [5.41, 5.74) is 6.50. The third-order valence-corrected chi connectivity index (χ3v) is 6.58. The molecule has 1 N–H and O–H groups in total. The number of esters is 1. The second-order valence-electron chi connectivity index (χ2n) is 9.03. The number of methoxy groups -OCH3 is 1. The Bertz CT molecular complexity index is 1310. The molecule has 1 aliphatic heterocycles. The molecule has 1 fully saturated rings. The predicted molar refractivity (Wildman–Crippen MR) is 138 cm³/mol. The molecule has 0 radical (unpaired) electrons. The Hall–Kier alpha value is -3.61. The SMILES string of the molecule is COC(=O)c1cc(-c2ccc(-c3ccc(CCCOC4CCCCO4)cc3)cc2)nc2cc[nH+]cc12. The minimum absolute atomic E-state index is 0.0144. The fraction of sp³-hybridized carbons (Fsp3) is 0.300. The lowest BCUT2D eigenvalue weighted by Gasteiger charge is -2.22. The van der Waals surface area contributed by atoms with Gasteiger partial charge >= 0.3 is 5.97 Å². The number of benzene rings is 2. The molecule has 6 heteroatoms. The molecular weight excluding hydrogens is 452 g/mol. The maximum Gasteiger partial charge on any atom is 0.338 e. The van der Waals surface area contributed by atoms with Gasteiger partial charge in [0, 0.05) is 18.2 Å². The first-order valence-corrected chi connectivity index (χ1v) is 12.5. The molecule has 2 aromatic heterocycles. The summed E-state index contributed by atoms with van der Waals surface area (Å²) < 4.78 is 16.5. The summed E-state index contributed by atoms with van der Waals surface area (Å²) in [4.78, 5) is 20.1. The Morgan fingerprint density at radius 3 is 2.50 bits per heavy atom. The van der Waals surface area contributed by atoms with Crippen LogP contribution in [0.15, 0.2) is 73.1 Å². The van der Waals surface area contributed by atoms with E-state index >= 15 is 0 Å². The number of hydrogen-bond acceptors (Lipinski definition) is 5. The lowest BCUT2D eigenvalue weighted by Crippen LogP contribution is -2.22. The van der Waals surface area contributed by atoms with Crippen LogP contribution in [-0.2, 0) is 20.6 Å². The van der Waals surface area contributed by atoms with Gasteiger partial charge < -0.3 is 14.2 Å². The highest BCUT2D eigenvalue weighted by atomic mass is 16.7. The molecule has 3 heterocycles. The van der Waals surface area contributed by atoms with Gasteiger partial charge in [-0.2, -0.15) is 0 Å². The Morgan fingerprint density at radius 2 is 1.78 bits per heavy atom. The first kappa shape index (κ1) is 24.1. The fourth-order valence-corrected chi connectivity index (χ4v) is 4.57. The number of H-pyrrole nitrogens is 1. The highest BCUT2D eigenvalue weighted by Crippen LogP contribution is 2.27. The Kier molecular flexibility index (Phi) is 7.64. The number of nitrogens with zero attached hydrogens (tertiary/aromatic N) is 1. The number of rotatable bonds is 8. The molecular formula is C30H31N2O4+. The van der Waals surface area contributed by atoms with Crippen LogP contribution < -0.4 is 4.98 Å². The third-order valence-electron chi connectivity index (χ3n) is 6.58. The van der Waals surface area contributed by atoms with E-state index in [0.29, 0.717) is 5.56 Å². The van der Waals surface area contributed by atoms with Gasteiger partial charge in [0.1, 0.15) is 0 Å². The van der Waals surface area contributed by atoms with Gasteiger partial charge in [-0.15, -0.1) is 0 Å². The van der Waals surface area contributed by atoms with Crippen molar-refractivity contribution in [3.63, 3.8) is 0 Å². The van der Waals surface area contributed by atoms with Crippen molar-refractivity contribution in [3.05, 3.63) is 84.2 Å². The summed E-state index contributed by atoms with van der Waals surface area (Å²) in [7, 11) is 1.39. The zero-order valence-electron chi connectivity index (χ0n) is 20.5. The normalized spacial score (nSPS) is 15.6. The lowest BCUT2D eigenvalue weighted by atomic mass is 9.99. The minimum Gasteiger partial charge on any atom is -0.465 e. The van der Waals surface area contributed by atoms with Gasteiger partial charge in [0.15, 0.2) is 18.7 Å². The quantitative estimate of drug-likeness (QED) is 0.239. The number of pyridine rings is 2. The van der Waals surface area contributed by atoms with Gasteiger partial charge in [-0.05, 0) is 54.9 Å². The van der Waals surface area contributed by atoms with Crippen molar-refractivity contribution in [1.29, 1.82) is 0 Å². The second kappa shape index (κ2) is 11.4. The fourth-order valence-electron chi connectivity index (χ4n) is 4.57. The van der Waals surface area contributed by atoms with Crippen LogP contribution in [0.2, 0.25) is 0 Å². The number of nitrogens with one attached hydrogen (secondary N) is 1. The minimum atomic E-state index is -0.381. The van der Waals surface area contributed by atoms with Crippen LogP contribution in [0.25, 0.3) is 33.3 Å². The van der Waals surface area contributed by atoms with E-state index < -0.39 is 0 Å². The van der Waals surface area contributed by atoms with Gasteiger partial charge in [0.2, 0.25) is 0 Å².